The first-order valence-electron chi connectivity index (χ1n) is 5.23. The number of hydrogen-bond donors (Lipinski definition) is 0. The predicted molar refractivity (Wildman–Crippen MR) is 63.1 cm³/mol. The first kappa shape index (κ1) is 10.7. The van der Waals surface area contributed by atoms with Crippen LogP contribution in [0, 0.1) is 0 Å². The summed E-state index contributed by atoms with van der Waals surface area (Å²) in [6.45, 7) is 2.93. The normalized spacial score (nSPS) is 14.3. The molecule has 1 heterocycles. The monoisotopic (exact) mass is 218 g/mol. The zero-order valence-electron chi connectivity index (χ0n) is 9.65. The van der Waals surface area contributed by atoms with Crippen molar-refractivity contribution in [2.45, 2.75) is 6.92 Å². The van der Waals surface area contributed by atoms with Gasteiger partial charge >= 0.3 is 0 Å². The SMILES string of the molecule is CCN(C)c1ccc2c(c1)N(C)C(=O)C2=O. The number of benzene rings is 1. The molecule has 1 aromatic carbocycles. The fraction of sp³-hybridized carbons (Fsp3) is 0.333. The zero-order chi connectivity index (χ0) is 11.9. The minimum atomic E-state index is -0.452. The molecular formula is C12H14N2O2. The molecule has 16 heavy (non-hydrogen) atoms. The second-order valence-corrected chi connectivity index (χ2v) is 3.91. The van der Waals surface area contributed by atoms with E-state index in [2.05, 4.69) is 4.90 Å². The lowest BCUT2D eigenvalue weighted by Gasteiger charge is -2.18. The Morgan fingerprint density at radius 2 is 2.00 bits per heavy atom. The third kappa shape index (κ3) is 1.38. The summed E-state index contributed by atoms with van der Waals surface area (Å²) in [6.07, 6.45) is 0. The highest BCUT2D eigenvalue weighted by Crippen LogP contribution is 2.31. The second kappa shape index (κ2) is 3.63. The molecule has 4 nitrogen and oxygen atoms in total. The van der Waals surface area contributed by atoms with Gasteiger partial charge in [0.2, 0.25) is 0 Å². The average Bonchev–Trinajstić information content (AvgIpc) is 2.53. The average molecular weight is 218 g/mol. The maximum absolute atomic E-state index is 11.6. The van der Waals surface area contributed by atoms with Crippen LogP contribution in [0.5, 0.6) is 0 Å². The number of rotatable bonds is 2. The van der Waals surface area contributed by atoms with E-state index < -0.39 is 11.7 Å². The molecule has 0 aromatic heterocycles. The van der Waals surface area contributed by atoms with Crippen LogP contribution in [0.3, 0.4) is 0 Å². The molecule has 1 aromatic rings. The summed E-state index contributed by atoms with van der Waals surface area (Å²) < 4.78 is 0. The highest BCUT2D eigenvalue weighted by atomic mass is 16.2. The molecule has 1 aliphatic rings. The van der Waals surface area contributed by atoms with E-state index in [0.717, 1.165) is 12.2 Å². The Balaban J connectivity index is 2.49. The topological polar surface area (TPSA) is 40.6 Å². The molecule has 1 aliphatic heterocycles. The third-order valence-electron chi connectivity index (χ3n) is 3.00. The Hall–Kier alpha value is -1.84. The van der Waals surface area contributed by atoms with E-state index >= 15 is 0 Å². The highest BCUT2D eigenvalue weighted by Gasteiger charge is 2.33. The van der Waals surface area contributed by atoms with Crippen LogP contribution in [0.25, 0.3) is 0 Å². The van der Waals surface area contributed by atoms with Crippen LogP contribution in [0.2, 0.25) is 0 Å². The van der Waals surface area contributed by atoms with Crippen LogP contribution < -0.4 is 9.80 Å². The Bertz CT molecular complexity index is 468. The number of Topliss-reactive ketones (excluding diaryl/α,β-unsaturated/α-hetero) is 1. The molecule has 0 atom stereocenters. The van der Waals surface area contributed by atoms with Gasteiger partial charge in [0, 0.05) is 26.3 Å². The van der Waals surface area contributed by atoms with Crippen molar-refractivity contribution in [3.05, 3.63) is 23.8 Å². The van der Waals surface area contributed by atoms with Crippen LogP contribution in [-0.4, -0.2) is 32.3 Å². The van der Waals surface area contributed by atoms with E-state index in [0.29, 0.717) is 11.3 Å². The number of ketones is 1. The quantitative estimate of drug-likeness (QED) is 0.702. The van der Waals surface area contributed by atoms with Crippen molar-refractivity contribution in [3.8, 4) is 0 Å². The molecule has 4 heteroatoms. The van der Waals surface area contributed by atoms with Crippen molar-refractivity contribution in [1.82, 2.24) is 0 Å². The van der Waals surface area contributed by atoms with Gasteiger partial charge in [-0.15, -0.1) is 0 Å². The minimum Gasteiger partial charge on any atom is -0.375 e. The predicted octanol–water partition coefficient (Wildman–Crippen LogP) is 1.30. The fourth-order valence-corrected chi connectivity index (χ4v) is 1.79. The van der Waals surface area contributed by atoms with Gasteiger partial charge in [0.25, 0.3) is 11.7 Å². The zero-order valence-corrected chi connectivity index (χ0v) is 9.65. The Morgan fingerprint density at radius 3 is 2.62 bits per heavy atom. The third-order valence-corrected chi connectivity index (χ3v) is 3.00. The van der Waals surface area contributed by atoms with Crippen LogP contribution in [0.4, 0.5) is 11.4 Å². The standard InChI is InChI=1S/C12H14N2O2/c1-4-13(2)8-5-6-9-10(7-8)14(3)12(16)11(9)15/h5-7H,4H2,1-3H3. The number of carbonyl (C=O) groups excluding carboxylic acids is 2. The van der Waals surface area contributed by atoms with E-state index in [9.17, 15) is 9.59 Å². The van der Waals surface area contributed by atoms with E-state index in [1.54, 1.807) is 13.1 Å². The molecule has 84 valence electrons. The van der Waals surface area contributed by atoms with Crippen molar-refractivity contribution < 1.29 is 9.59 Å². The number of anilines is 2. The van der Waals surface area contributed by atoms with E-state index in [1.807, 2.05) is 26.1 Å². The molecule has 0 saturated heterocycles. The van der Waals surface area contributed by atoms with Gasteiger partial charge in [-0.3, -0.25) is 9.59 Å². The van der Waals surface area contributed by atoms with Crippen molar-refractivity contribution in [3.63, 3.8) is 0 Å². The molecule has 2 rings (SSSR count). The Morgan fingerprint density at radius 1 is 1.31 bits per heavy atom. The summed E-state index contributed by atoms with van der Waals surface area (Å²) in [6, 6.07) is 5.47. The largest absolute Gasteiger partial charge is 0.375 e. The summed E-state index contributed by atoms with van der Waals surface area (Å²) in [5.74, 6) is -0.866. The molecule has 0 fully saturated rings. The van der Waals surface area contributed by atoms with E-state index in [1.165, 1.54) is 4.90 Å². The smallest absolute Gasteiger partial charge is 0.299 e. The fourth-order valence-electron chi connectivity index (χ4n) is 1.79. The first-order chi connectivity index (χ1) is 7.56. The van der Waals surface area contributed by atoms with Gasteiger partial charge in [0.05, 0.1) is 11.3 Å². The van der Waals surface area contributed by atoms with Gasteiger partial charge in [-0.25, -0.2) is 0 Å². The second-order valence-electron chi connectivity index (χ2n) is 3.91. The summed E-state index contributed by atoms with van der Waals surface area (Å²) in [4.78, 5) is 26.5. The van der Waals surface area contributed by atoms with Gasteiger partial charge in [0.1, 0.15) is 0 Å². The lowest BCUT2D eigenvalue weighted by Crippen LogP contribution is -2.24. The summed E-state index contributed by atoms with van der Waals surface area (Å²) in [5, 5.41) is 0. The Kier molecular flexibility index (Phi) is 2.42. The molecule has 0 unspecified atom stereocenters. The molecule has 0 aliphatic carbocycles. The Labute approximate surface area is 94.5 Å². The minimum absolute atomic E-state index is 0.414. The van der Waals surface area contributed by atoms with Crippen LogP contribution in [0.1, 0.15) is 17.3 Å². The number of amides is 1. The number of nitrogens with zero attached hydrogens (tertiary/aromatic N) is 2. The number of hydrogen-bond acceptors (Lipinski definition) is 3. The van der Waals surface area contributed by atoms with Gasteiger partial charge in [-0.2, -0.15) is 0 Å². The van der Waals surface area contributed by atoms with Gasteiger partial charge in [0.15, 0.2) is 0 Å². The van der Waals surface area contributed by atoms with Crippen LogP contribution in [0.15, 0.2) is 18.2 Å². The summed E-state index contributed by atoms with van der Waals surface area (Å²) in [5.41, 5.74) is 2.21. The lowest BCUT2D eigenvalue weighted by molar-refractivity contribution is -0.114. The summed E-state index contributed by atoms with van der Waals surface area (Å²) in [7, 11) is 3.60. The molecule has 0 bridgehead atoms. The van der Waals surface area contributed by atoms with Crippen LogP contribution in [-0.2, 0) is 4.79 Å². The van der Waals surface area contributed by atoms with Gasteiger partial charge in [-0.1, -0.05) is 0 Å². The number of carbonyl (C=O) groups is 2. The molecular weight excluding hydrogens is 204 g/mol. The molecule has 0 saturated carbocycles. The van der Waals surface area contributed by atoms with E-state index in [-0.39, 0.29) is 0 Å². The van der Waals surface area contributed by atoms with Gasteiger partial charge < -0.3 is 9.80 Å². The molecule has 0 N–H and O–H groups in total. The van der Waals surface area contributed by atoms with Crippen molar-refractivity contribution in [2.24, 2.45) is 0 Å². The summed E-state index contributed by atoms with van der Waals surface area (Å²) >= 11 is 0. The first-order valence-corrected chi connectivity index (χ1v) is 5.23. The number of likely N-dealkylation sites (N-methyl/N-ethyl adjacent to an activating group) is 1. The van der Waals surface area contributed by atoms with Crippen molar-refractivity contribution >= 4 is 23.1 Å². The van der Waals surface area contributed by atoms with Gasteiger partial charge in [-0.05, 0) is 25.1 Å². The maximum atomic E-state index is 11.6. The van der Waals surface area contributed by atoms with E-state index in [4.69, 9.17) is 0 Å². The highest BCUT2D eigenvalue weighted by molar-refractivity contribution is 6.52. The van der Waals surface area contributed by atoms with Crippen molar-refractivity contribution in [2.75, 3.05) is 30.4 Å². The molecule has 0 radical (unpaired) electrons. The lowest BCUT2D eigenvalue weighted by atomic mass is 10.1. The molecule has 0 spiro atoms. The number of fused-ring (bicyclic) bond motifs is 1. The maximum Gasteiger partial charge on any atom is 0.299 e. The van der Waals surface area contributed by atoms with Crippen LogP contribution >= 0.6 is 0 Å². The molecule has 1 amide bonds. The van der Waals surface area contributed by atoms with Crippen molar-refractivity contribution in [1.29, 1.82) is 0 Å².